The highest BCUT2D eigenvalue weighted by molar-refractivity contribution is 5.92. The second-order valence-corrected chi connectivity index (χ2v) is 4.36. The minimum absolute atomic E-state index is 0.375. The van der Waals surface area contributed by atoms with E-state index in [1.54, 1.807) is 24.5 Å². The Morgan fingerprint density at radius 3 is 2.80 bits per heavy atom. The molecule has 0 radical (unpaired) electrons. The molecule has 106 valence electrons. The second kappa shape index (κ2) is 6.14. The second-order valence-electron chi connectivity index (χ2n) is 4.36. The van der Waals surface area contributed by atoms with Crippen molar-refractivity contribution in [3.63, 3.8) is 0 Å². The molecular weight excluding hydrogens is 256 g/mol. The molecule has 0 atom stereocenters. The van der Waals surface area contributed by atoms with Crippen molar-refractivity contribution in [1.29, 1.82) is 0 Å². The summed E-state index contributed by atoms with van der Waals surface area (Å²) in [6, 6.07) is 8.87. The smallest absolute Gasteiger partial charge is 0.337 e. The van der Waals surface area contributed by atoms with Crippen molar-refractivity contribution in [1.82, 2.24) is 0 Å². The fraction of sp³-hybridized carbons (Fsp3) is 0.267. The Hall–Kier alpha value is -2.43. The average molecular weight is 274 g/mol. The molecule has 2 N–H and O–H groups in total. The molecule has 0 amide bonds. The number of hydrogen-bond acceptors (Lipinski definition) is 5. The predicted molar refractivity (Wildman–Crippen MR) is 77.6 cm³/mol. The first-order valence-corrected chi connectivity index (χ1v) is 6.41. The maximum absolute atomic E-state index is 11.6. The van der Waals surface area contributed by atoms with Gasteiger partial charge >= 0.3 is 5.97 Å². The molecule has 20 heavy (non-hydrogen) atoms. The molecular formula is C15H18N2O3. The fourth-order valence-electron chi connectivity index (χ4n) is 2.02. The maximum atomic E-state index is 11.6. The number of nitrogens with zero attached hydrogens (tertiary/aromatic N) is 1. The highest BCUT2D eigenvalue weighted by atomic mass is 16.5. The van der Waals surface area contributed by atoms with Crippen LogP contribution in [0.3, 0.4) is 0 Å². The standard InChI is InChI=1S/C15H18N2O3/c1-3-17(10-12-5-4-8-20-12)14-9-11(15(18)19-2)6-7-13(14)16/h4-9H,3,10,16H2,1-2H3. The Morgan fingerprint density at radius 2 is 2.20 bits per heavy atom. The lowest BCUT2D eigenvalue weighted by molar-refractivity contribution is 0.0601. The lowest BCUT2D eigenvalue weighted by atomic mass is 10.1. The lowest BCUT2D eigenvalue weighted by Crippen LogP contribution is -2.23. The Bertz CT molecular complexity index is 579. The molecule has 5 heteroatoms. The van der Waals surface area contributed by atoms with E-state index >= 15 is 0 Å². The van der Waals surface area contributed by atoms with E-state index in [2.05, 4.69) is 0 Å². The minimum atomic E-state index is -0.375. The summed E-state index contributed by atoms with van der Waals surface area (Å²) in [6.45, 7) is 3.36. The number of rotatable bonds is 5. The zero-order valence-corrected chi connectivity index (χ0v) is 11.6. The third-order valence-corrected chi connectivity index (χ3v) is 3.10. The van der Waals surface area contributed by atoms with E-state index in [1.807, 2.05) is 24.0 Å². The van der Waals surface area contributed by atoms with Crippen LogP contribution >= 0.6 is 0 Å². The van der Waals surface area contributed by atoms with E-state index < -0.39 is 0 Å². The number of carbonyl (C=O) groups is 1. The van der Waals surface area contributed by atoms with Crippen LogP contribution in [0.1, 0.15) is 23.0 Å². The Balaban J connectivity index is 2.30. The summed E-state index contributed by atoms with van der Waals surface area (Å²) < 4.78 is 10.1. The summed E-state index contributed by atoms with van der Waals surface area (Å²) >= 11 is 0. The monoisotopic (exact) mass is 274 g/mol. The van der Waals surface area contributed by atoms with E-state index in [4.69, 9.17) is 14.9 Å². The van der Waals surface area contributed by atoms with Crippen LogP contribution in [-0.2, 0) is 11.3 Å². The molecule has 0 unspecified atom stereocenters. The van der Waals surface area contributed by atoms with E-state index in [0.29, 0.717) is 17.8 Å². The molecule has 0 spiro atoms. The van der Waals surface area contributed by atoms with E-state index in [-0.39, 0.29) is 5.97 Å². The van der Waals surface area contributed by atoms with Crippen LogP contribution in [0.15, 0.2) is 41.0 Å². The molecule has 0 saturated heterocycles. The third-order valence-electron chi connectivity index (χ3n) is 3.10. The van der Waals surface area contributed by atoms with Crippen molar-refractivity contribution < 1.29 is 13.9 Å². The van der Waals surface area contributed by atoms with Crippen molar-refractivity contribution in [2.75, 3.05) is 24.3 Å². The molecule has 0 fully saturated rings. The number of furan rings is 1. The van der Waals surface area contributed by atoms with Crippen LogP contribution in [-0.4, -0.2) is 19.6 Å². The molecule has 1 aromatic carbocycles. The Kier molecular flexibility index (Phi) is 4.30. The van der Waals surface area contributed by atoms with E-state index in [0.717, 1.165) is 18.0 Å². The van der Waals surface area contributed by atoms with Gasteiger partial charge in [0.25, 0.3) is 0 Å². The summed E-state index contributed by atoms with van der Waals surface area (Å²) in [7, 11) is 1.36. The van der Waals surface area contributed by atoms with Crippen molar-refractivity contribution in [2.24, 2.45) is 0 Å². The Morgan fingerprint density at radius 1 is 1.40 bits per heavy atom. The fourth-order valence-corrected chi connectivity index (χ4v) is 2.02. The summed E-state index contributed by atoms with van der Waals surface area (Å²) in [5.41, 5.74) is 7.91. The highest BCUT2D eigenvalue weighted by Crippen LogP contribution is 2.26. The van der Waals surface area contributed by atoms with Gasteiger partial charge in [0.05, 0.1) is 36.9 Å². The van der Waals surface area contributed by atoms with Gasteiger partial charge in [-0.05, 0) is 37.3 Å². The number of nitrogens with two attached hydrogens (primary N) is 1. The molecule has 5 nitrogen and oxygen atoms in total. The topological polar surface area (TPSA) is 68.7 Å². The molecule has 0 aliphatic heterocycles. The number of nitrogen functional groups attached to an aromatic ring is 1. The van der Waals surface area contributed by atoms with Crippen LogP contribution in [0.4, 0.5) is 11.4 Å². The highest BCUT2D eigenvalue weighted by Gasteiger charge is 2.14. The normalized spacial score (nSPS) is 10.3. The van der Waals surface area contributed by atoms with Crippen LogP contribution in [0.2, 0.25) is 0 Å². The molecule has 0 saturated carbocycles. The molecule has 1 heterocycles. The first-order valence-electron chi connectivity index (χ1n) is 6.41. The number of esters is 1. The zero-order valence-electron chi connectivity index (χ0n) is 11.6. The zero-order chi connectivity index (χ0) is 14.5. The maximum Gasteiger partial charge on any atom is 0.337 e. The molecule has 0 aliphatic carbocycles. The van der Waals surface area contributed by atoms with Crippen molar-refractivity contribution in [3.8, 4) is 0 Å². The summed E-state index contributed by atoms with van der Waals surface area (Å²) in [6.07, 6.45) is 1.64. The number of ether oxygens (including phenoxy) is 1. The van der Waals surface area contributed by atoms with Gasteiger partial charge in [-0.3, -0.25) is 0 Å². The molecule has 2 aromatic rings. The van der Waals surface area contributed by atoms with Crippen LogP contribution in [0.5, 0.6) is 0 Å². The number of anilines is 2. The van der Waals surface area contributed by atoms with Gasteiger partial charge in [-0.1, -0.05) is 0 Å². The number of hydrogen-bond donors (Lipinski definition) is 1. The molecule has 0 aliphatic rings. The Labute approximate surface area is 117 Å². The summed E-state index contributed by atoms with van der Waals surface area (Å²) in [5.74, 6) is 0.468. The van der Waals surface area contributed by atoms with Gasteiger partial charge in [-0.15, -0.1) is 0 Å². The number of methoxy groups -OCH3 is 1. The first kappa shape index (κ1) is 14.0. The van der Waals surface area contributed by atoms with Gasteiger partial charge in [-0.25, -0.2) is 4.79 Å². The summed E-state index contributed by atoms with van der Waals surface area (Å²) in [4.78, 5) is 13.6. The van der Waals surface area contributed by atoms with Crippen molar-refractivity contribution in [2.45, 2.75) is 13.5 Å². The van der Waals surface area contributed by atoms with Crippen molar-refractivity contribution in [3.05, 3.63) is 47.9 Å². The van der Waals surface area contributed by atoms with Crippen molar-refractivity contribution >= 4 is 17.3 Å². The minimum Gasteiger partial charge on any atom is -0.467 e. The van der Waals surface area contributed by atoms with Gasteiger partial charge in [0.1, 0.15) is 5.76 Å². The number of benzene rings is 1. The SMILES string of the molecule is CCN(Cc1ccco1)c1cc(C(=O)OC)ccc1N. The molecule has 1 aromatic heterocycles. The van der Waals surface area contributed by atoms with E-state index in [9.17, 15) is 4.79 Å². The van der Waals surface area contributed by atoms with Gasteiger partial charge in [0.15, 0.2) is 0 Å². The van der Waals surface area contributed by atoms with E-state index in [1.165, 1.54) is 7.11 Å². The molecule has 2 rings (SSSR count). The van der Waals surface area contributed by atoms with Crippen LogP contribution < -0.4 is 10.6 Å². The van der Waals surface area contributed by atoms with Gasteiger partial charge in [0, 0.05) is 6.54 Å². The average Bonchev–Trinajstić information content (AvgIpc) is 2.97. The predicted octanol–water partition coefficient (Wildman–Crippen LogP) is 2.67. The largest absolute Gasteiger partial charge is 0.467 e. The molecule has 0 bridgehead atoms. The van der Waals surface area contributed by atoms with Crippen LogP contribution in [0, 0.1) is 0 Å². The number of carbonyl (C=O) groups excluding carboxylic acids is 1. The first-order chi connectivity index (χ1) is 9.65. The summed E-state index contributed by atoms with van der Waals surface area (Å²) in [5, 5.41) is 0. The quantitative estimate of drug-likeness (QED) is 0.670. The third kappa shape index (κ3) is 2.93. The lowest BCUT2D eigenvalue weighted by Gasteiger charge is -2.24. The van der Waals surface area contributed by atoms with Gasteiger partial charge in [-0.2, -0.15) is 0 Å². The van der Waals surface area contributed by atoms with Gasteiger partial charge < -0.3 is 19.8 Å². The van der Waals surface area contributed by atoms with Gasteiger partial charge in [0.2, 0.25) is 0 Å². The van der Waals surface area contributed by atoms with Crippen LogP contribution in [0.25, 0.3) is 0 Å².